The van der Waals surface area contributed by atoms with E-state index in [2.05, 4.69) is 10.1 Å². The monoisotopic (exact) mass is 341 g/mol. The van der Waals surface area contributed by atoms with Crippen molar-refractivity contribution in [2.75, 3.05) is 19.5 Å². The van der Waals surface area contributed by atoms with E-state index in [4.69, 9.17) is 4.74 Å². The molecule has 0 aliphatic carbocycles. The van der Waals surface area contributed by atoms with E-state index in [1.165, 1.54) is 32.4 Å². The van der Waals surface area contributed by atoms with Gasteiger partial charge in [0.05, 0.1) is 37.5 Å². The summed E-state index contributed by atoms with van der Waals surface area (Å²) in [5.41, 5.74) is 2.52. The first-order chi connectivity index (χ1) is 11.9. The molecule has 0 saturated carbocycles. The number of hydrogen-bond acceptors (Lipinski definition) is 5. The molecule has 0 fully saturated rings. The van der Waals surface area contributed by atoms with Gasteiger partial charge < -0.3 is 14.8 Å². The normalized spacial score (nSPS) is 10.0. The first-order valence-corrected chi connectivity index (χ1v) is 7.60. The minimum absolute atomic E-state index is 0.142. The van der Waals surface area contributed by atoms with Gasteiger partial charge in [0, 0.05) is 0 Å². The summed E-state index contributed by atoms with van der Waals surface area (Å²) in [6, 6.07) is 11.8. The van der Waals surface area contributed by atoms with Crippen molar-refractivity contribution in [3.63, 3.8) is 0 Å². The lowest BCUT2D eigenvalue weighted by Crippen LogP contribution is -2.18. The van der Waals surface area contributed by atoms with Crippen molar-refractivity contribution in [2.24, 2.45) is 0 Å². The molecule has 0 saturated heterocycles. The Morgan fingerprint density at radius 2 is 1.56 bits per heavy atom. The van der Waals surface area contributed by atoms with E-state index in [0.717, 1.165) is 11.1 Å². The lowest BCUT2D eigenvalue weighted by atomic mass is 10.1. The average molecular weight is 341 g/mol. The maximum Gasteiger partial charge on any atom is 0.339 e. The number of nitrogens with one attached hydrogen (secondary N) is 1. The zero-order valence-electron chi connectivity index (χ0n) is 14.3. The number of rotatable bonds is 5. The Balaban J connectivity index is 2.25. The number of amides is 1. The molecule has 0 spiro atoms. The van der Waals surface area contributed by atoms with Gasteiger partial charge in [-0.25, -0.2) is 9.59 Å². The van der Waals surface area contributed by atoms with Crippen molar-refractivity contribution in [1.82, 2.24) is 0 Å². The number of ether oxygens (including phenoxy) is 2. The second-order valence-electron chi connectivity index (χ2n) is 5.45. The predicted octanol–water partition coefficient (Wildman–Crippen LogP) is 2.75. The number of carbonyl (C=O) groups excluding carboxylic acids is 3. The second kappa shape index (κ2) is 8.10. The van der Waals surface area contributed by atoms with Crippen molar-refractivity contribution >= 4 is 23.5 Å². The summed E-state index contributed by atoms with van der Waals surface area (Å²) in [5, 5.41) is 2.66. The zero-order chi connectivity index (χ0) is 18.4. The maximum atomic E-state index is 12.3. The minimum Gasteiger partial charge on any atom is -0.465 e. The summed E-state index contributed by atoms with van der Waals surface area (Å²) in [7, 11) is 2.50. The lowest BCUT2D eigenvalue weighted by molar-refractivity contribution is -0.115. The third kappa shape index (κ3) is 4.67. The Hall–Kier alpha value is -3.15. The Bertz CT molecular complexity index is 796. The number of benzene rings is 2. The number of aryl methyl sites for hydroxylation is 1. The van der Waals surface area contributed by atoms with E-state index in [1.807, 2.05) is 31.2 Å². The van der Waals surface area contributed by atoms with Gasteiger partial charge in [-0.15, -0.1) is 0 Å². The fraction of sp³-hybridized carbons (Fsp3) is 0.211. The molecular weight excluding hydrogens is 322 g/mol. The summed E-state index contributed by atoms with van der Waals surface area (Å²) in [4.78, 5) is 35.8. The zero-order valence-corrected chi connectivity index (χ0v) is 14.3. The van der Waals surface area contributed by atoms with Gasteiger partial charge in [0.1, 0.15) is 0 Å². The van der Waals surface area contributed by atoms with Crippen molar-refractivity contribution < 1.29 is 23.9 Å². The van der Waals surface area contributed by atoms with E-state index < -0.39 is 11.9 Å². The smallest absolute Gasteiger partial charge is 0.339 e. The summed E-state index contributed by atoms with van der Waals surface area (Å²) < 4.78 is 9.37. The molecule has 6 nitrogen and oxygen atoms in total. The van der Waals surface area contributed by atoms with E-state index in [1.54, 1.807) is 0 Å². The minimum atomic E-state index is -0.609. The first kappa shape index (κ1) is 18.2. The molecule has 2 rings (SSSR count). The molecule has 1 N–H and O–H groups in total. The third-order valence-corrected chi connectivity index (χ3v) is 3.61. The molecule has 6 heteroatoms. The van der Waals surface area contributed by atoms with Crippen LogP contribution in [0.4, 0.5) is 5.69 Å². The number of esters is 2. The fourth-order valence-electron chi connectivity index (χ4n) is 2.27. The number of hydrogen-bond donors (Lipinski definition) is 1. The van der Waals surface area contributed by atoms with E-state index in [9.17, 15) is 14.4 Å². The quantitative estimate of drug-likeness (QED) is 0.846. The van der Waals surface area contributed by atoms with Crippen LogP contribution < -0.4 is 5.32 Å². The Kier molecular flexibility index (Phi) is 5.89. The SMILES string of the molecule is COC(=O)c1ccc(C(=O)OC)c(NC(=O)Cc2ccc(C)cc2)c1. The molecule has 1 amide bonds. The lowest BCUT2D eigenvalue weighted by Gasteiger charge is -2.11. The van der Waals surface area contributed by atoms with Gasteiger partial charge in [0.2, 0.25) is 5.91 Å². The number of carbonyl (C=O) groups is 3. The van der Waals surface area contributed by atoms with Crippen molar-refractivity contribution in [3.05, 3.63) is 64.7 Å². The van der Waals surface area contributed by atoms with Crippen LogP contribution in [0.2, 0.25) is 0 Å². The van der Waals surface area contributed by atoms with Gasteiger partial charge in [0.25, 0.3) is 0 Å². The first-order valence-electron chi connectivity index (χ1n) is 7.60. The summed E-state index contributed by atoms with van der Waals surface area (Å²) >= 11 is 0. The largest absolute Gasteiger partial charge is 0.465 e. The molecule has 130 valence electrons. The van der Waals surface area contributed by atoms with Gasteiger partial charge in [-0.05, 0) is 30.7 Å². The van der Waals surface area contributed by atoms with Crippen LogP contribution in [0.1, 0.15) is 31.8 Å². The molecule has 25 heavy (non-hydrogen) atoms. The summed E-state index contributed by atoms with van der Waals surface area (Å²) in [5.74, 6) is -1.48. The highest BCUT2D eigenvalue weighted by atomic mass is 16.5. The molecule has 0 unspecified atom stereocenters. The highest BCUT2D eigenvalue weighted by Gasteiger charge is 2.17. The van der Waals surface area contributed by atoms with Crippen LogP contribution in [-0.4, -0.2) is 32.1 Å². The van der Waals surface area contributed by atoms with Crippen molar-refractivity contribution in [2.45, 2.75) is 13.3 Å². The molecule has 0 aliphatic heterocycles. The van der Waals surface area contributed by atoms with Crippen molar-refractivity contribution in [1.29, 1.82) is 0 Å². The Labute approximate surface area is 145 Å². The average Bonchev–Trinajstić information content (AvgIpc) is 2.62. The van der Waals surface area contributed by atoms with Gasteiger partial charge in [-0.3, -0.25) is 4.79 Å². The molecule has 0 bridgehead atoms. The topological polar surface area (TPSA) is 81.7 Å². The third-order valence-electron chi connectivity index (χ3n) is 3.61. The van der Waals surface area contributed by atoms with Gasteiger partial charge in [-0.1, -0.05) is 29.8 Å². The molecule has 2 aromatic rings. The van der Waals surface area contributed by atoms with E-state index in [0.29, 0.717) is 0 Å². The number of methoxy groups -OCH3 is 2. The van der Waals surface area contributed by atoms with Crippen LogP contribution in [0.15, 0.2) is 42.5 Å². The molecule has 0 heterocycles. The van der Waals surface area contributed by atoms with Crippen LogP contribution >= 0.6 is 0 Å². The van der Waals surface area contributed by atoms with Gasteiger partial charge in [0.15, 0.2) is 0 Å². The second-order valence-corrected chi connectivity index (χ2v) is 5.45. The summed E-state index contributed by atoms with van der Waals surface area (Å²) in [6.45, 7) is 1.96. The molecule has 0 radical (unpaired) electrons. The molecule has 2 aromatic carbocycles. The molecule has 0 atom stereocenters. The van der Waals surface area contributed by atoms with Crippen LogP contribution in [-0.2, 0) is 20.7 Å². The maximum absolute atomic E-state index is 12.3. The molecule has 0 aliphatic rings. The van der Waals surface area contributed by atoms with E-state index >= 15 is 0 Å². The van der Waals surface area contributed by atoms with Crippen LogP contribution in [0, 0.1) is 6.92 Å². The molecule has 0 aromatic heterocycles. The van der Waals surface area contributed by atoms with E-state index in [-0.39, 0.29) is 29.1 Å². The summed E-state index contributed by atoms with van der Waals surface area (Å²) in [6.07, 6.45) is 0.142. The van der Waals surface area contributed by atoms with Gasteiger partial charge >= 0.3 is 11.9 Å². The van der Waals surface area contributed by atoms with Gasteiger partial charge in [-0.2, -0.15) is 0 Å². The number of anilines is 1. The highest BCUT2D eigenvalue weighted by molar-refractivity contribution is 6.03. The van der Waals surface area contributed by atoms with Crippen LogP contribution in [0.3, 0.4) is 0 Å². The van der Waals surface area contributed by atoms with Crippen LogP contribution in [0.5, 0.6) is 0 Å². The Morgan fingerprint density at radius 1 is 0.920 bits per heavy atom. The fourth-order valence-corrected chi connectivity index (χ4v) is 2.27. The highest BCUT2D eigenvalue weighted by Crippen LogP contribution is 2.20. The van der Waals surface area contributed by atoms with Crippen molar-refractivity contribution in [3.8, 4) is 0 Å². The molecular formula is C19H19NO5. The predicted molar refractivity (Wildman–Crippen MR) is 92.6 cm³/mol. The Morgan fingerprint density at radius 3 is 2.16 bits per heavy atom. The standard InChI is InChI=1S/C19H19NO5/c1-12-4-6-13(7-5-12)10-17(21)20-16-11-14(18(22)24-2)8-9-15(16)19(23)25-3/h4-9,11H,10H2,1-3H3,(H,20,21). The van der Waals surface area contributed by atoms with Crippen LogP contribution in [0.25, 0.3) is 0 Å².